The number of halogens is 1. The highest BCUT2D eigenvalue weighted by Crippen LogP contribution is 2.61. The zero-order valence-corrected chi connectivity index (χ0v) is 32.5. The lowest BCUT2D eigenvalue weighted by molar-refractivity contribution is -0.163. The van der Waals surface area contributed by atoms with Gasteiger partial charge in [-0.1, -0.05) is 108 Å². The lowest BCUT2D eigenvalue weighted by Gasteiger charge is -2.42. The molecule has 1 aliphatic carbocycles. The van der Waals surface area contributed by atoms with Crippen molar-refractivity contribution < 1.29 is 38.5 Å². The Morgan fingerprint density at radius 1 is 1.06 bits per heavy atom. The molecule has 2 bridgehead atoms. The number of aliphatic hydroxyl groups excluding tert-OH is 1. The van der Waals surface area contributed by atoms with Crippen LogP contribution in [-0.4, -0.2) is 100 Å². The van der Waals surface area contributed by atoms with Gasteiger partial charge >= 0.3 is 5.97 Å². The van der Waals surface area contributed by atoms with E-state index in [0.29, 0.717) is 30.5 Å². The van der Waals surface area contributed by atoms with E-state index in [1.165, 1.54) is 12.0 Å². The summed E-state index contributed by atoms with van der Waals surface area (Å²) in [6.07, 6.45) is 7.37. The second kappa shape index (κ2) is 17.7. The number of ether oxygens (including phenoxy) is 3. The van der Waals surface area contributed by atoms with Crippen molar-refractivity contribution in [3.05, 3.63) is 97.1 Å². The van der Waals surface area contributed by atoms with Gasteiger partial charge in [-0.3, -0.25) is 19.2 Å². The number of nitrogens with zero attached hydrogens (tertiary/aromatic N) is 2. The maximum Gasteiger partial charge on any atom is 0.313 e. The van der Waals surface area contributed by atoms with Gasteiger partial charge < -0.3 is 34.4 Å². The van der Waals surface area contributed by atoms with Crippen LogP contribution in [0.4, 0.5) is 0 Å². The first-order chi connectivity index (χ1) is 26.2. The van der Waals surface area contributed by atoms with Crippen molar-refractivity contribution in [1.29, 1.82) is 0 Å². The quantitative estimate of drug-likeness (QED) is 0.127. The predicted molar refractivity (Wildman–Crippen MR) is 206 cm³/mol. The number of aliphatic hydroxyl groups is 1. The number of nitrogens with one attached hydrogen (secondary N) is 1. The number of rotatable bonds is 17. The predicted octanol–water partition coefficient (Wildman–Crippen LogP) is 5.20. The van der Waals surface area contributed by atoms with Crippen molar-refractivity contribution in [2.45, 2.75) is 98.2 Å². The van der Waals surface area contributed by atoms with Gasteiger partial charge in [0.2, 0.25) is 17.7 Å². The fourth-order valence-corrected chi connectivity index (χ4v) is 10.2. The Balaban J connectivity index is 1.40. The Labute approximate surface area is 326 Å². The van der Waals surface area contributed by atoms with Gasteiger partial charge in [0, 0.05) is 30.9 Å². The Hall–Kier alpha value is -3.84. The first-order valence-electron chi connectivity index (χ1n) is 19.1. The van der Waals surface area contributed by atoms with Crippen LogP contribution in [0.5, 0.6) is 0 Å². The minimum Gasteiger partial charge on any atom is -0.455 e. The average Bonchev–Trinajstić information content (AvgIpc) is 3.79. The summed E-state index contributed by atoms with van der Waals surface area (Å²) in [6, 6.07) is 15.5. The number of methoxy groups -OCH3 is 1. The molecule has 11 nitrogen and oxygen atoms in total. The number of likely N-dealkylation sites (tertiary alicyclic amines) is 1. The SMILES string of the molecule is C=CCCC(=O)N[C@@H](COC)[C@@H](OC(=O)[C@H]1[C@@H]2O[C@@]3(CC2Br)[C@@H]1C(=O)N([C@H](CO)c1ccccc1)[C@@H]3C(=O)N(CC=C)C1CCCCC1)c1ccccc1. The third-order valence-electron chi connectivity index (χ3n) is 11.6. The van der Waals surface area contributed by atoms with Gasteiger partial charge in [0.15, 0.2) is 0 Å². The number of carbonyl (C=O) groups excluding carboxylic acids is 4. The van der Waals surface area contributed by atoms with Crippen molar-refractivity contribution >= 4 is 39.6 Å². The summed E-state index contributed by atoms with van der Waals surface area (Å²) in [6.45, 7) is 7.56. The average molecular weight is 807 g/mol. The molecule has 3 aliphatic heterocycles. The molecule has 290 valence electrons. The number of benzene rings is 2. The van der Waals surface area contributed by atoms with Crippen molar-refractivity contribution in [2.75, 3.05) is 26.9 Å². The van der Waals surface area contributed by atoms with Gasteiger partial charge in [0.05, 0.1) is 43.2 Å². The van der Waals surface area contributed by atoms with Gasteiger partial charge in [-0.05, 0) is 36.8 Å². The van der Waals surface area contributed by atoms with E-state index in [0.717, 1.165) is 32.1 Å². The van der Waals surface area contributed by atoms with E-state index in [2.05, 4.69) is 34.4 Å². The van der Waals surface area contributed by atoms with Crippen molar-refractivity contribution in [2.24, 2.45) is 11.8 Å². The van der Waals surface area contributed by atoms with E-state index in [1.54, 1.807) is 12.2 Å². The molecule has 2 aromatic rings. The van der Waals surface area contributed by atoms with Crippen LogP contribution < -0.4 is 5.32 Å². The molecule has 0 aromatic heterocycles. The summed E-state index contributed by atoms with van der Waals surface area (Å²) < 4.78 is 18.7. The number of esters is 1. The zero-order chi connectivity index (χ0) is 38.4. The Kier molecular flexibility index (Phi) is 13.1. The number of allylic oxidation sites excluding steroid dienone is 1. The van der Waals surface area contributed by atoms with E-state index in [4.69, 9.17) is 14.2 Å². The Morgan fingerprint density at radius 3 is 2.33 bits per heavy atom. The van der Waals surface area contributed by atoms with Crippen LogP contribution in [0.2, 0.25) is 0 Å². The molecule has 4 aliphatic rings. The van der Waals surface area contributed by atoms with Crippen molar-refractivity contribution in [3.8, 4) is 0 Å². The van der Waals surface area contributed by atoms with Crippen LogP contribution in [0.15, 0.2) is 86.0 Å². The van der Waals surface area contributed by atoms with Crippen LogP contribution >= 0.6 is 15.9 Å². The Bertz CT molecular complexity index is 1660. The monoisotopic (exact) mass is 805 g/mol. The minimum absolute atomic E-state index is 0.0360. The molecule has 1 spiro atoms. The third-order valence-corrected chi connectivity index (χ3v) is 12.4. The van der Waals surface area contributed by atoms with Gasteiger partial charge in [-0.15, -0.1) is 13.2 Å². The van der Waals surface area contributed by atoms with Crippen molar-refractivity contribution in [1.82, 2.24) is 15.1 Å². The molecular weight excluding hydrogens is 754 g/mol. The molecule has 1 unspecified atom stereocenters. The van der Waals surface area contributed by atoms with Gasteiger partial charge in [0.1, 0.15) is 17.7 Å². The minimum atomic E-state index is -1.37. The van der Waals surface area contributed by atoms with E-state index in [9.17, 15) is 14.7 Å². The molecule has 12 heteroatoms. The number of fused-ring (bicyclic) bond motifs is 1. The topological polar surface area (TPSA) is 135 Å². The molecule has 9 atom stereocenters. The molecule has 3 saturated heterocycles. The van der Waals surface area contributed by atoms with Gasteiger partial charge in [0.25, 0.3) is 0 Å². The zero-order valence-electron chi connectivity index (χ0n) is 30.9. The van der Waals surface area contributed by atoms with E-state index in [-0.39, 0.29) is 35.7 Å². The van der Waals surface area contributed by atoms with Crippen LogP contribution in [0.3, 0.4) is 0 Å². The second-order valence-electron chi connectivity index (χ2n) is 14.8. The highest BCUT2D eigenvalue weighted by atomic mass is 79.9. The molecule has 3 amide bonds. The van der Waals surface area contributed by atoms with Crippen LogP contribution in [0.1, 0.15) is 74.6 Å². The maximum atomic E-state index is 15.2. The smallest absolute Gasteiger partial charge is 0.313 e. The van der Waals surface area contributed by atoms with Gasteiger partial charge in [-0.25, -0.2) is 0 Å². The highest BCUT2D eigenvalue weighted by molar-refractivity contribution is 9.09. The largest absolute Gasteiger partial charge is 0.455 e. The van der Waals surface area contributed by atoms with E-state index >= 15 is 9.59 Å². The molecule has 1 saturated carbocycles. The van der Waals surface area contributed by atoms with Crippen molar-refractivity contribution in [3.63, 3.8) is 0 Å². The van der Waals surface area contributed by atoms with E-state index < -0.39 is 66.3 Å². The first kappa shape index (κ1) is 39.8. The van der Waals surface area contributed by atoms with Crippen LogP contribution in [0.25, 0.3) is 0 Å². The fraction of sp³-hybridized carbons (Fsp3) is 0.524. The molecule has 4 fully saturated rings. The molecule has 2 aromatic carbocycles. The van der Waals surface area contributed by atoms with Crippen LogP contribution in [-0.2, 0) is 33.4 Å². The lowest BCUT2D eigenvalue weighted by atomic mass is 9.70. The summed E-state index contributed by atoms with van der Waals surface area (Å²) in [5.41, 5.74) is -0.0752. The molecule has 2 N–H and O–H groups in total. The summed E-state index contributed by atoms with van der Waals surface area (Å²) >= 11 is 3.78. The third kappa shape index (κ3) is 7.67. The molecule has 54 heavy (non-hydrogen) atoms. The summed E-state index contributed by atoms with van der Waals surface area (Å²) in [5.74, 6) is -3.79. The number of carbonyl (C=O) groups is 4. The van der Waals surface area contributed by atoms with E-state index in [1.807, 2.05) is 65.6 Å². The normalized spacial score (nSPS) is 27.8. The molecular formula is C42H52BrN3O8. The highest BCUT2D eigenvalue weighted by Gasteiger charge is 2.78. The van der Waals surface area contributed by atoms with Crippen LogP contribution in [0, 0.1) is 11.8 Å². The Morgan fingerprint density at radius 2 is 1.72 bits per heavy atom. The second-order valence-corrected chi connectivity index (χ2v) is 16.0. The maximum absolute atomic E-state index is 15.2. The summed E-state index contributed by atoms with van der Waals surface area (Å²) in [5, 5.41) is 13.9. The van der Waals surface area contributed by atoms with Gasteiger partial charge in [-0.2, -0.15) is 0 Å². The first-order valence-corrected chi connectivity index (χ1v) is 20.0. The molecule has 3 heterocycles. The number of alkyl halides is 1. The standard InChI is InChI=1S/C42H52BrN3O8/c1-4-6-22-33(48)44-31(26-52-3)36(28-18-12-8-13-19-28)53-41(51)34-35-39(49)46(32(25-47)27-16-10-7-11-17-27)38(42(35)24-30(43)37(34)54-42)40(50)45(23-5-2)29-20-14-9-15-21-29/h4-5,7-8,10-13,16-19,29-32,34-38,47H,1-2,6,9,14-15,20-26H2,3H3,(H,44,48)/t30?,31-,32+,34+,35-,36-,37+,38+,42-/m0/s1. The molecule has 0 radical (unpaired) electrons. The number of hydrogen-bond acceptors (Lipinski definition) is 8. The summed E-state index contributed by atoms with van der Waals surface area (Å²) in [4.78, 5) is 61.0. The fourth-order valence-electron chi connectivity index (χ4n) is 9.21. The number of hydrogen-bond donors (Lipinski definition) is 2. The lowest BCUT2D eigenvalue weighted by Crippen LogP contribution is -2.59. The number of amides is 3. The molecule has 6 rings (SSSR count). The summed E-state index contributed by atoms with van der Waals surface area (Å²) in [7, 11) is 1.51.